The molecule has 0 aliphatic carbocycles. The van der Waals surface area contributed by atoms with Crippen LogP contribution in [0.25, 0.3) is 0 Å². The Bertz CT molecular complexity index is 181. The zero-order valence-corrected chi connectivity index (χ0v) is 8.95. The summed E-state index contributed by atoms with van der Waals surface area (Å²) < 4.78 is 0. The van der Waals surface area contributed by atoms with Crippen molar-refractivity contribution in [3.8, 4) is 0 Å². The van der Waals surface area contributed by atoms with Crippen molar-refractivity contribution in [1.82, 2.24) is 15.1 Å². The maximum Gasteiger partial charge on any atom is 0.0646 e. The molecule has 0 saturated carbocycles. The predicted octanol–water partition coefficient (Wildman–Crippen LogP) is 1.03. The lowest BCUT2D eigenvalue weighted by Gasteiger charge is -2.55. The highest BCUT2D eigenvalue weighted by Crippen LogP contribution is 2.27. The van der Waals surface area contributed by atoms with Crippen LogP contribution in [-0.4, -0.2) is 41.4 Å². The Balaban J connectivity index is 2.03. The normalized spacial score (nSPS) is 36.0. The zero-order chi connectivity index (χ0) is 9.42. The molecule has 2 fully saturated rings. The molecule has 76 valence electrons. The summed E-state index contributed by atoms with van der Waals surface area (Å²) in [7, 11) is 0. The molecule has 2 heterocycles. The Labute approximate surface area is 81.1 Å². The van der Waals surface area contributed by atoms with E-state index in [9.17, 15) is 0 Å². The van der Waals surface area contributed by atoms with E-state index in [1.54, 1.807) is 0 Å². The largest absolute Gasteiger partial charge is 0.289 e. The molecule has 0 spiro atoms. The Hall–Kier alpha value is -0.120. The molecule has 0 bridgehead atoms. The number of hydrogen-bond donors (Lipinski definition) is 1. The van der Waals surface area contributed by atoms with Crippen molar-refractivity contribution in [1.29, 1.82) is 0 Å². The lowest BCUT2D eigenvalue weighted by Crippen LogP contribution is -2.71. The van der Waals surface area contributed by atoms with Gasteiger partial charge in [0.2, 0.25) is 0 Å². The van der Waals surface area contributed by atoms with Gasteiger partial charge in [-0.1, -0.05) is 6.92 Å². The summed E-state index contributed by atoms with van der Waals surface area (Å²) in [4.78, 5) is 5.14. The quantitative estimate of drug-likeness (QED) is 0.689. The van der Waals surface area contributed by atoms with Crippen molar-refractivity contribution in [2.45, 2.75) is 52.0 Å². The first-order valence-electron chi connectivity index (χ1n) is 5.49. The van der Waals surface area contributed by atoms with Crippen molar-refractivity contribution in [2.75, 3.05) is 13.2 Å². The van der Waals surface area contributed by atoms with Crippen LogP contribution in [0.5, 0.6) is 0 Å². The Morgan fingerprint density at radius 1 is 1.46 bits per heavy atom. The van der Waals surface area contributed by atoms with Crippen LogP contribution in [0.3, 0.4) is 0 Å². The molecular formula is C10H21N3. The van der Waals surface area contributed by atoms with E-state index in [-0.39, 0.29) is 0 Å². The molecule has 2 saturated heterocycles. The molecule has 2 aliphatic heterocycles. The van der Waals surface area contributed by atoms with Gasteiger partial charge < -0.3 is 0 Å². The first-order valence-corrected chi connectivity index (χ1v) is 5.49. The molecular weight excluding hydrogens is 162 g/mol. The summed E-state index contributed by atoms with van der Waals surface area (Å²) >= 11 is 0. The van der Waals surface area contributed by atoms with Crippen LogP contribution >= 0.6 is 0 Å². The molecule has 1 unspecified atom stereocenters. The third-order valence-corrected chi connectivity index (χ3v) is 3.36. The van der Waals surface area contributed by atoms with Gasteiger partial charge in [-0.25, -0.2) is 0 Å². The first kappa shape index (κ1) is 9.44. The molecule has 3 nitrogen and oxygen atoms in total. The van der Waals surface area contributed by atoms with Crippen LogP contribution in [0.2, 0.25) is 0 Å². The Morgan fingerprint density at radius 3 is 2.69 bits per heavy atom. The van der Waals surface area contributed by atoms with Crippen LogP contribution in [-0.2, 0) is 0 Å². The molecule has 13 heavy (non-hydrogen) atoms. The summed E-state index contributed by atoms with van der Waals surface area (Å²) in [6.45, 7) is 9.20. The van der Waals surface area contributed by atoms with Crippen molar-refractivity contribution >= 4 is 0 Å². The van der Waals surface area contributed by atoms with Gasteiger partial charge in [-0.2, -0.15) is 0 Å². The summed E-state index contributed by atoms with van der Waals surface area (Å²) in [6, 6.07) is 0.652. The lowest BCUT2D eigenvalue weighted by molar-refractivity contribution is -0.116. The van der Waals surface area contributed by atoms with Gasteiger partial charge >= 0.3 is 0 Å². The van der Waals surface area contributed by atoms with Crippen LogP contribution in [0.15, 0.2) is 0 Å². The molecule has 2 atom stereocenters. The van der Waals surface area contributed by atoms with Crippen LogP contribution in [0.1, 0.15) is 33.6 Å². The van der Waals surface area contributed by atoms with Gasteiger partial charge in [0, 0.05) is 12.6 Å². The number of fused-ring (bicyclic) bond motifs is 1. The Kier molecular flexibility index (Phi) is 2.58. The summed E-state index contributed by atoms with van der Waals surface area (Å²) in [6.07, 6.45) is 3.94. The molecule has 2 rings (SSSR count). The fourth-order valence-corrected chi connectivity index (χ4v) is 2.49. The molecule has 0 aromatic rings. The van der Waals surface area contributed by atoms with Gasteiger partial charge in [-0.05, 0) is 26.7 Å². The van der Waals surface area contributed by atoms with E-state index in [1.807, 2.05) is 0 Å². The fourth-order valence-electron chi connectivity index (χ4n) is 2.49. The van der Waals surface area contributed by atoms with Crippen LogP contribution < -0.4 is 5.32 Å². The highest BCUT2D eigenvalue weighted by atomic mass is 15.5. The summed E-state index contributed by atoms with van der Waals surface area (Å²) in [5, 5.41) is 3.57. The zero-order valence-electron chi connectivity index (χ0n) is 8.95. The highest BCUT2D eigenvalue weighted by Gasteiger charge is 2.40. The third-order valence-electron chi connectivity index (χ3n) is 3.36. The standard InChI is InChI=1S/C10H21N3/c1-4-10-12-6-5-9(12)11-7-13(10)8(2)3/h8-11H,4-7H2,1-3H3/t9-,10?/m1/s1. The van der Waals surface area contributed by atoms with Crippen molar-refractivity contribution in [3.05, 3.63) is 0 Å². The predicted molar refractivity (Wildman–Crippen MR) is 54.2 cm³/mol. The van der Waals surface area contributed by atoms with Crippen molar-refractivity contribution in [2.24, 2.45) is 0 Å². The smallest absolute Gasteiger partial charge is 0.0646 e. The van der Waals surface area contributed by atoms with Gasteiger partial charge in [-0.15, -0.1) is 0 Å². The lowest BCUT2D eigenvalue weighted by atomic mass is 10.0. The van der Waals surface area contributed by atoms with Gasteiger partial charge in [0.25, 0.3) is 0 Å². The second-order valence-electron chi connectivity index (χ2n) is 4.40. The van der Waals surface area contributed by atoms with E-state index in [2.05, 4.69) is 35.9 Å². The molecule has 0 aromatic carbocycles. The number of nitrogens with zero attached hydrogens (tertiary/aromatic N) is 2. The van der Waals surface area contributed by atoms with E-state index >= 15 is 0 Å². The maximum atomic E-state index is 3.57. The van der Waals surface area contributed by atoms with Crippen LogP contribution in [0, 0.1) is 0 Å². The average molecular weight is 183 g/mol. The highest BCUT2D eigenvalue weighted by molar-refractivity contribution is 4.91. The number of hydrogen-bond acceptors (Lipinski definition) is 3. The molecule has 1 N–H and O–H groups in total. The topological polar surface area (TPSA) is 18.5 Å². The minimum absolute atomic E-state index is 0.652. The monoisotopic (exact) mass is 183 g/mol. The van der Waals surface area contributed by atoms with E-state index in [1.165, 1.54) is 19.4 Å². The second kappa shape index (κ2) is 3.56. The summed E-state index contributed by atoms with van der Waals surface area (Å²) in [5.41, 5.74) is 0. The van der Waals surface area contributed by atoms with Gasteiger partial charge in [0.1, 0.15) is 0 Å². The second-order valence-corrected chi connectivity index (χ2v) is 4.40. The fraction of sp³-hybridized carbons (Fsp3) is 1.00. The molecule has 0 aromatic heterocycles. The van der Waals surface area contributed by atoms with Gasteiger partial charge in [-0.3, -0.25) is 15.1 Å². The number of rotatable bonds is 2. The van der Waals surface area contributed by atoms with E-state index in [4.69, 9.17) is 0 Å². The van der Waals surface area contributed by atoms with Gasteiger partial charge in [0.15, 0.2) is 0 Å². The van der Waals surface area contributed by atoms with Crippen molar-refractivity contribution in [3.63, 3.8) is 0 Å². The van der Waals surface area contributed by atoms with E-state index < -0.39 is 0 Å². The molecule has 0 radical (unpaired) electrons. The van der Waals surface area contributed by atoms with E-state index in [0.29, 0.717) is 18.4 Å². The van der Waals surface area contributed by atoms with Crippen LogP contribution in [0.4, 0.5) is 0 Å². The Morgan fingerprint density at radius 2 is 2.23 bits per heavy atom. The summed E-state index contributed by atoms with van der Waals surface area (Å²) in [5.74, 6) is 0. The van der Waals surface area contributed by atoms with Gasteiger partial charge in [0.05, 0.1) is 19.0 Å². The van der Waals surface area contributed by atoms with E-state index in [0.717, 1.165) is 6.67 Å². The minimum Gasteiger partial charge on any atom is -0.289 e. The number of nitrogens with one attached hydrogen (secondary N) is 1. The minimum atomic E-state index is 0.652. The molecule has 3 heteroatoms. The van der Waals surface area contributed by atoms with Crippen molar-refractivity contribution < 1.29 is 0 Å². The third kappa shape index (κ3) is 1.49. The molecule has 0 amide bonds. The average Bonchev–Trinajstić information content (AvgIpc) is 2.05. The SMILES string of the molecule is CCC1N(C(C)C)CN[C@H]2CCN12. The maximum absolute atomic E-state index is 3.57. The molecule has 2 aliphatic rings. The first-order chi connectivity index (χ1) is 6.24.